The molecule has 0 spiro atoms. The van der Waals surface area contributed by atoms with Crippen LogP contribution in [0.25, 0.3) is 0 Å². The SMILES string of the molecule is CCCN[Si](NCC)(NCCC)NCCC. The lowest BCUT2D eigenvalue weighted by Crippen LogP contribution is -2.81. The lowest BCUT2D eigenvalue weighted by atomic mass is 10.5. The summed E-state index contributed by atoms with van der Waals surface area (Å²) in [4.78, 5) is 14.6. The Hall–Kier alpha value is 0.0569. The van der Waals surface area contributed by atoms with Crippen molar-refractivity contribution in [2.24, 2.45) is 0 Å². The smallest absolute Gasteiger partial charge is 0.301 e. The molecule has 0 aromatic heterocycles. The Bertz CT molecular complexity index is 133. The average molecular weight is 246 g/mol. The van der Waals surface area contributed by atoms with Crippen LogP contribution in [0, 0.1) is 0 Å². The van der Waals surface area contributed by atoms with E-state index >= 15 is 0 Å². The van der Waals surface area contributed by atoms with Gasteiger partial charge in [0, 0.05) is 0 Å². The van der Waals surface area contributed by atoms with Crippen LogP contribution in [0.15, 0.2) is 0 Å². The van der Waals surface area contributed by atoms with Crippen LogP contribution in [0.1, 0.15) is 47.0 Å². The molecule has 4 N–H and O–H groups in total. The van der Waals surface area contributed by atoms with Gasteiger partial charge < -0.3 is 19.9 Å². The quantitative estimate of drug-likeness (QED) is 0.411. The third kappa shape index (κ3) is 6.60. The maximum atomic E-state index is 3.66. The molecule has 0 amide bonds. The molecule has 0 unspecified atom stereocenters. The first kappa shape index (κ1) is 16.1. The minimum absolute atomic E-state index is 0.996. The molecule has 0 aliphatic rings. The van der Waals surface area contributed by atoms with Crippen LogP contribution in [-0.4, -0.2) is 34.9 Å². The van der Waals surface area contributed by atoms with Gasteiger partial charge in [0.25, 0.3) is 0 Å². The van der Waals surface area contributed by atoms with Crippen molar-refractivity contribution in [3.8, 4) is 0 Å². The first-order valence-electron chi connectivity index (χ1n) is 6.74. The molecule has 0 saturated heterocycles. The highest BCUT2D eigenvalue weighted by Crippen LogP contribution is 1.88. The fraction of sp³-hybridized carbons (Fsp3) is 1.00. The summed E-state index contributed by atoms with van der Waals surface area (Å²) in [6.07, 6.45) is 3.51. The Morgan fingerprint density at radius 3 is 1.25 bits per heavy atom. The lowest BCUT2D eigenvalue weighted by Gasteiger charge is -2.33. The van der Waals surface area contributed by atoms with Gasteiger partial charge in [-0.25, -0.2) is 0 Å². The Kier molecular flexibility index (Phi) is 10.3. The first-order valence-corrected chi connectivity index (χ1v) is 8.74. The highest BCUT2D eigenvalue weighted by atomic mass is 28.4. The van der Waals surface area contributed by atoms with Gasteiger partial charge in [0.15, 0.2) is 0 Å². The molecule has 0 atom stereocenters. The van der Waals surface area contributed by atoms with E-state index in [4.69, 9.17) is 0 Å². The van der Waals surface area contributed by atoms with Gasteiger partial charge in [-0.05, 0) is 45.4 Å². The fourth-order valence-corrected chi connectivity index (χ4v) is 4.73. The van der Waals surface area contributed by atoms with Crippen LogP contribution in [-0.2, 0) is 0 Å². The van der Waals surface area contributed by atoms with Crippen molar-refractivity contribution in [2.75, 3.05) is 26.2 Å². The standard InChI is InChI=1S/C11H30N4Si/c1-5-9-13-16(12-8-4,14-10-6-2)15-11-7-3/h12-15H,5-11H2,1-4H3. The third-order valence-corrected chi connectivity index (χ3v) is 5.59. The van der Waals surface area contributed by atoms with Crippen LogP contribution in [0.5, 0.6) is 0 Å². The summed E-state index contributed by atoms with van der Waals surface area (Å²) in [5, 5.41) is 0. The van der Waals surface area contributed by atoms with Gasteiger partial charge in [-0.2, -0.15) is 0 Å². The van der Waals surface area contributed by atoms with E-state index in [2.05, 4.69) is 47.6 Å². The van der Waals surface area contributed by atoms with Gasteiger partial charge in [-0.3, -0.25) is 0 Å². The fourth-order valence-electron chi connectivity index (χ4n) is 1.58. The summed E-state index contributed by atoms with van der Waals surface area (Å²) in [5.74, 6) is 0. The van der Waals surface area contributed by atoms with Crippen molar-refractivity contribution in [3.05, 3.63) is 0 Å². The molecule has 0 saturated carbocycles. The Labute approximate surface area is 102 Å². The minimum Gasteiger partial charge on any atom is -0.301 e. The molecule has 16 heavy (non-hydrogen) atoms. The van der Waals surface area contributed by atoms with Gasteiger partial charge in [-0.1, -0.05) is 27.7 Å². The van der Waals surface area contributed by atoms with E-state index in [0.29, 0.717) is 0 Å². The maximum absolute atomic E-state index is 3.66. The molecule has 0 bridgehead atoms. The van der Waals surface area contributed by atoms with E-state index in [1.165, 1.54) is 19.3 Å². The van der Waals surface area contributed by atoms with Crippen molar-refractivity contribution >= 4 is 8.72 Å². The topological polar surface area (TPSA) is 48.1 Å². The highest BCUT2D eigenvalue weighted by molar-refractivity contribution is 6.70. The Morgan fingerprint density at radius 2 is 1.00 bits per heavy atom. The first-order chi connectivity index (χ1) is 7.74. The van der Waals surface area contributed by atoms with E-state index < -0.39 is 8.72 Å². The number of hydrogen-bond donors (Lipinski definition) is 4. The molecule has 4 nitrogen and oxygen atoms in total. The normalized spacial score (nSPS) is 12.0. The van der Waals surface area contributed by atoms with Crippen LogP contribution in [0.4, 0.5) is 0 Å². The van der Waals surface area contributed by atoms with Crippen molar-refractivity contribution in [3.63, 3.8) is 0 Å². The second-order valence-corrected chi connectivity index (χ2v) is 6.97. The monoisotopic (exact) mass is 246 g/mol. The molecule has 0 rings (SSSR count). The van der Waals surface area contributed by atoms with E-state index in [-0.39, 0.29) is 0 Å². The molecular weight excluding hydrogens is 216 g/mol. The second kappa shape index (κ2) is 10.2. The van der Waals surface area contributed by atoms with Crippen LogP contribution >= 0.6 is 0 Å². The zero-order valence-electron chi connectivity index (χ0n) is 11.4. The van der Waals surface area contributed by atoms with Crippen LogP contribution in [0.3, 0.4) is 0 Å². The summed E-state index contributed by atoms with van der Waals surface area (Å²) in [6.45, 7) is 13.0. The summed E-state index contributed by atoms with van der Waals surface area (Å²) >= 11 is 0. The molecular formula is C11H30N4Si. The third-order valence-electron chi connectivity index (χ3n) is 2.36. The predicted octanol–water partition coefficient (Wildman–Crippen LogP) is 1.03. The van der Waals surface area contributed by atoms with E-state index in [0.717, 1.165) is 26.2 Å². The second-order valence-electron chi connectivity index (χ2n) is 4.06. The lowest BCUT2D eigenvalue weighted by molar-refractivity contribution is 0.660. The molecule has 0 fully saturated rings. The maximum Gasteiger partial charge on any atom is 0.365 e. The zero-order valence-corrected chi connectivity index (χ0v) is 12.4. The highest BCUT2D eigenvalue weighted by Gasteiger charge is 2.31. The van der Waals surface area contributed by atoms with Crippen molar-refractivity contribution in [1.82, 2.24) is 19.9 Å². The summed E-state index contributed by atoms with van der Waals surface area (Å²) in [6, 6.07) is 0. The van der Waals surface area contributed by atoms with Gasteiger partial charge in [-0.15, -0.1) is 0 Å². The van der Waals surface area contributed by atoms with Crippen molar-refractivity contribution in [2.45, 2.75) is 47.0 Å². The van der Waals surface area contributed by atoms with E-state index in [9.17, 15) is 0 Å². The number of hydrogen-bond acceptors (Lipinski definition) is 4. The predicted molar refractivity (Wildman–Crippen MR) is 74.3 cm³/mol. The van der Waals surface area contributed by atoms with Crippen molar-refractivity contribution < 1.29 is 0 Å². The Balaban J connectivity index is 4.32. The zero-order chi connectivity index (χ0) is 12.3. The van der Waals surface area contributed by atoms with Gasteiger partial charge in [0.05, 0.1) is 0 Å². The largest absolute Gasteiger partial charge is 0.365 e. The molecule has 0 aliphatic carbocycles. The van der Waals surface area contributed by atoms with Crippen molar-refractivity contribution in [1.29, 1.82) is 0 Å². The molecule has 0 aliphatic heterocycles. The summed E-state index contributed by atoms with van der Waals surface area (Å²) in [7, 11) is -1.86. The molecule has 0 aromatic rings. The molecule has 0 heterocycles. The van der Waals surface area contributed by atoms with Crippen LogP contribution < -0.4 is 19.9 Å². The molecule has 98 valence electrons. The number of nitrogens with one attached hydrogen (secondary N) is 4. The van der Waals surface area contributed by atoms with Gasteiger partial charge in [0.2, 0.25) is 0 Å². The molecule has 0 radical (unpaired) electrons. The van der Waals surface area contributed by atoms with E-state index in [1.54, 1.807) is 0 Å². The summed E-state index contributed by atoms with van der Waals surface area (Å²) in [5.41, 5.74) is 0. The van der Waals surface area contributed by atoms with Gasteiger partial charge in [0.1, 0.15) is 0 Å². The molecule has 0 aromatic carbocycles. The minimum atomic E-state index is -1.86. The molecule has 5 heteroatoms. The Morgan fingerprint density at radius 1 is 0.625 bits per heavy atom. The number of rotatable bonds is 11. The summed E-state index contributed by atoms with van der Waals surface area (Å²) < 4.78 is 0. The average Bonchev–Trinajstić information content (AvgIpc) is 2.31. The van der Waals surface area contributed by atoms with Crippen LogP contribution in [0.2, 0.25) is 0 Å². The van der Waals surface area contributed by atoms with E-state index in [1.807, 2.05) is 0 Å². The van der Waals surface area contributed by atoms with Gasteiger partial charge >= 0.3 is 8.72 Å².